The molecule has 0 amide bonds. The highest BCUT2D eigenvalue weighted by atomic mass is 31.2. The summed E-state index contributed by atoms with van der Waals surface area (Å²) in [6.45, 7) is 4.24. The molecule has 16 nitrogen and oxygen atoms in total. The Bertz CT molecular complexity index is 1190. The van der Waals surface area contributed by atoms with Gasteiger partial charge >= 0.3 is 25.8 Å². The van der Waals surface area contributed by atoms with Crippen LogP contribution in [0.3, 0.4) is 0 Å². The van der Waals surface area contributed by atoms with Crippen molar-refractivity contribution in [2.24, 2.45) is 5.92 Å². The summed E-state index contributed by atoms with van der Waals surface area (Å²) in [4.78, 5) is 39.2. The van der Waals surface area contributed by atoms with Crippen molar-refractivity contribution < 1.29 is 60.9 Å². The predicted molar refractivity (Wildman–Crippen MR) is 128 cm³/mol. The Morgan fingerprint density at radius 2 is 1.73 bits per heavy atom. The van der Waals surface area contributed by atoms with Crippen molar-refractivity contribution in [3.63, 3.8) is 0 Å². The van der Waals surface area contributed by atoms with Crippen molar-refractivity contribution in [1.82, 2.24) is 9.55 Å². The van der Waals surface area contributed by atoms with Crippen LogP contribution in [0.4, 0.5) is 19.8 Å². The van der Waals surface area contributed by atoms with Crippen LogP contribution in [0.5, 0.6) is 0 Å². The third kappa shape index (κ3) is 5.80. The van der Waals surface area contributed by atoms with E-state index >= 15 is 4.39 Å². The molecule has 1 aliphatic heterocycles. The molecule has 5 atom stereocenters. The number of phosphoric ester groups is 1. The molecular weight excluding hydrogens is 564 g/mol. The Labute approximate surface area is 227 Å². The van der Waals surface area contributed by atoms with Gasteiger partial charge < -0.3 is 34.5 Å². The molecule has 0 aromatic carbocycles. The molecule has 3 aliphatic rings. The molecule has 3 fully saturated rings. The molecule has 4 rings (SSSR count). The number of carbonyl (C=O) groups excluding carboxylic acids is 2. The molecule has 1 aromatic rings. The highest BCUT2D eigenvalue weighted by Gasteiger charge is 2.93. The van der Waals surface area contributed by atoms with Crippen LogP contribution in [0.25, 0.3) is 0 Å². The number of hydrogen-bond acceptors (Lipinski definition) is 15. The van der Waals surface area contributed by atoms with E-state index in [-0.39, 0.29) is 5.82 Å². The molecule has 2 aliphatic carbocycles. The summed E-state index contributed by atoms with van der Waals surface area (Å²) in [5.74, 6) is -0.517. The van der Waals surface area contributed by atoms with Gasteiger partial charge in [-0.05, 0) is 52.5 Å². The van der Waals surface area contributed by atoms with Gasteiger partial charge in [-0.3, -0.25) is 9.09 Å². The maximum atomic E-state index is 15.8. The number of hydrogen-bond donors (Lipinski definition) is 2. The lowest BCUT2D eigenvalue weighted by molar-refractivity contribution is -0.106. The number of fused-ring (bicyclic) bond motifs is 1. The van der Waals surface area contributed by atoms with Gasteiger partial charge in [-0.15, -0.1) is 0 Å². The van der Waals surface area contributed by atoms with Gasteiger partial charge in [0.25, 0.3) is 0 Å². The van der Waals surface area contributed by atoms with Crippen molar-refractivity contribution in [1.29, 1.82) is 0 Å². The lowest BCUT2D eigenvalue weighted by atomic mass is 10.1. The van der Waals surface area contributed by atoms with Gasteiger partial charge in [0.05, 0.1) is 12.2 Å². The third-order valence-corrected chi connectivity index (χ3v) is 7.61. The number of ether oxygens (including phenoxy) is 5. The predicted octanol–water partition coefficient (Wildman–Crippen LogP) is 2.15. The number of aliphatic hydroxyl groups is 1. The molecular formula is C22H31FN3O13P. The maximum absolute atomic E-state index is 15.8. The number of carbonyl (C=O) groups is 2. The Balaban J connectivity index is 1.50. The third-order valence-electron chi connectivity index (χ3n) is 6.30. The second-order valence-corrected chi connectivity index (χ2v) is 11.5. The largest absolute Gasteiger partial charge is 0.510 e. The number of nitrogens with two attached hydrogens (primary N) is 1. The highest BCUT2D eigenvalue weighted by molar-refractivity contribution is 7.48. The van der Waals surface area contributed by atoms with Gasteiger partial charge in [0.15, 0.2) is 18.0 Å². The molecule has 2 saturated carbocycles. The van der Waals surface area contributed by atoms with Crippen molar-refractivity contribution in [2.75, 3.05) is 19.3 Å². The zero-order valence-electron chi connectivity index (χ0n) is 22.1. The number of halogens is 1. The lowest BCUT2D eigenvalue weighted by Crippen LogP contribution is -2.38. The first-order valence-electron chi connectivity index (χ1n) is 12.4. The van der Waals surface area contributed by atoms with E-state index < -0.39 is 87.2 Å². The zero-order chi connectivity index (χ0) is 29.5. The first kappa shape index (κ1) is 30.1. The van der Waals surface area contributed by atoms with E-state index in [1.807, 2.05) is 0 Å². The number of nitrogen functional groups attached to an aromatic ring is 1. The van der Waals surface area contributed by atoms with Crippen molar-refractivity contribution in [3.8, 4) is 0 Å². The summed E-state index contributed by atoms with van der Waals surface area (Å²) in [6.07, 6.45) is -6.62. The quantitative estimate of drug-likeness (QED) is 0.202. The molecule has 3 N–H and O–H groups in total. The molecule has 1 saturated heterocycles. The second-order valence-electron chi connectivity index (χ2n) is 9.89. The number of alkyl halides is 1. The van der Waals surface area contributed by atoms with Crippen LogP contribution in [-0.4, -0.2) is 76.2 Å². The molecule has 224 valence electrons. The SMILES string of the molecule is CC(C)OC(=O)OCOP(=O)(OCOC(=O)OC(C)C)OC1[C@@]2(C3CC3)O[C@@H](n3ccc(N)nc3=O)[C@H](F)[C@@]12O. The molecule has 1 unspecified atom stereocenters. The van der Waals surface area contributed by atoms with E-state index in [0.717, 1.165) is 4.57 Å². The van der Waals surface area contributed by atoms with Crippen LogP contribution in [0.2, 0.25) is 0 Å². The molecule has 1 aromatic heterocycles. The number of aromatic nitrogens is 2. The van der Waals surface area contributed by atoms with Gasteiger partial charge in [0, 0.05) is 6.20 Å². The minimum Gasteiger partial charge on any atom is -0.432 e. The summed E-state index contributed by atoms with van der Waals surface area (Å²) in [5.41, 5.74) is 0.484. The summed E-state index contributed by atoms with van der Waals surface area (Å²) < 4.78 is 70.4. The fraction of sp³-hybridized carbons (Fsp3) is 0.727. The van der Waals surface area contributed by atoms with E-state index in [9.17, 15) is 24.1 Å². The van der Waals surface area contributed by atoms with Crippen molar-refractivity contribution in [2.45, 2.75) is 82.5 Å². The van der Waals surface area contributed by atoms with Crippen molar-refractivity contribution in [3.05, 3.63) is 22.7 Å². The van der Waals surface area contributed by atoms with Gasteiger partial charge in [-0.1, -0.05) is 0 Å². The molecule has 40 heavy (non-hydrogen) atoms. The average Bonchev–Trinajstić information content (AvgIpc) is 3.73. The first-order valence-corrected chi connectivity index (χ1v) is 13.8. The van der Waals surface area contributed by atoms with Crippen LogP contribution in [0, 0.1) is 5.92 Å². The minimum atomic E-state index is -4.85. The molecule has 0 radical (unpaired) electrons. The summed E-state index contributed by atoms with van der Waals surface area (Å²) in [5, 5.41) is 11.4. The van der Waals surface area contributed by atoms with Gasteiger partial charge in [-0.2, -0.15) is 4.98 Å². The van der Waals surface area contributed by atoms with Gasteiger partial charge in [0.1, 0.15) is 17.5 Å². The van der Waals surface area contributed by atoms with E-state index in [2.05, 4.69) is 14.5 Å². The van der Waals surface area contributed by atoms with Crippen LogP contribution < -0.4 is 11.4 Å². The summed E-state index contributed by atoms with van der Waals surface area (Å²) >= 11 is 0. The molecule has 0 spiro atoms. The smallest absolute Gasteiger partial charge is 0.432 e. The van der Waals surface area contributed by atoms with E-state index in [1.165, 1.54) is 12.3 Å². The standard InChI is InChI=1S/C22H31FN3O13P/c1-11(2)36-19(28)32-9-34-40(31,35-10-33-20(29)37-12(3)4)39-17-21(30)15(23)16(38-22(17,21)13-5-6-13)26-8-7-14(24)25-18(26)27/h7-8,11-13,15-17,30H,5-6,9-10H2,1-4H3,(H2,24,25,27)/t15-,16+,17?,21+,22+/m0/s1. The molecule has 2 heterocycles. The Morgan fingerprint density at radius 1 is 1.18 bits per heavy atom. The molecule has 18 heteroatoms. The number of rotatable bonds is 12. The zero-order valence-corrected chi connectivity index (χ0v) is 23.0. The van der Waals surface area contributed by atoms with Crippen molar-refractivity contribution >= 4 is 26.0 Å². The second kappa shape index (κ2) is 11.2. The fourth-order valence-corrected chi connectivity index (χ4v) is 5.66. The summed E-state index contributed by atoms with van der Waals surface area (Å²) in [6, 6.07) is 1.26. The Morgan fingerprint density at radius 3 is 2.20 bits per heavy atom. The lowest BCUT2D eigenvalue weighted by Gasteiger charge is -2.25. The van der Waals surface area contributed by atoms with E-state index in [4.69, 9.17) is 33.5 Å². The number of phosphoric acid groups is 1. The highest BCUT2D eigenvalue weighted by Crippen LogP contribution is 2.75. The van der Waals surface area contributed by atoms with Crippen LogP contribution in [0.15, 0.2) is 17.1 Å². The monoisotopic (exact) mass is 595 g/mol. The number of anilines is 1. The van der Waals surface area contributed by atoms with Crippen LogP contribution in [0.1, 0.15) is 46.8 Å². The van der Waals surface area contributed by atoms with E-state index in [0.29, 0.717) is 12.8 Å². The maximum Gasteiger partial charge on any atom is 0.510 e. The number of nitrogens with zero attached hydrogens (tertiary/aromatic N) is 2. The first-order chi connectivity index (χ1) is 18.7. The minimum absolute atomic E-state index is 0.0918. The van der Waals surface area contributed by atoms with Gasteiger partial charge in [-0.25, -0.2) is 32.4 Å². The topological polar surface area (TPSA) is 206 Å². The Hall–Kier alpha value is -2.82. The average molecular weight is 595 g/mol. The van der Waals surface area contributed by atoms with Crippen LogP contribution in [-0.2, 0) is 41.8 Å². The Kier molecular flexibility index (Phi) is 8.45. The fourth-order valence-electron chi connectivity index (χ4n) is 4.52. The summed E-state index contributed by atoms with van der Waals surface area (Å²) in [7, 11) is -4.85. The molecule has 0 bridgehead atoms. The normalized spacial score (nSPS) is 29.2. The van der Waals surface area contributed by atoms with Gasteiger partial charge in [0.2, 0.25) is 13.6 Å². The van der Waals surface area contributed by atoms with Crippen LogP contribution >= 0.6 is 7.82 Å². The van der Waals surface area contributed by atoms with E-state index in [1.54, 1.807) is 27.7 Å².